The molecule has 0 unspecified atom stereocenters. The van der Waals surface area contributed by atoms with Crippen LogP contribution in [0, 0.1) is 0 Å². The Morgan fingerprint density at radius 2 is 2.20 bits per heavy atom. The second-order valence-electron chi connectivity index (χ2n) is 3.88. The summed E-state index contributed by atoms with van der Waals surface area (Å²) < 4.78 is 15.0. The van der Waals surface area contributed by atoms with Gasteiger partial charge in [0.2, 0.25) is 11.2 Å². The molecule has 2 heterocycles. The van der Waals surface area contributed by atoms with Crippen LogP contribution in [0.2, 0.25) is 0 Å². The van der Waals surface area contributed by atoms with E-state index in [2.05, 4.69) is 5.32 Å². The molecule has 0 bridgehead atoms. The second-order valence-corrected chi connectivity index (χ2v) is 3.88. The monoisotopic (exact) mass is 279 g/mol. The SMILES string of the molecule is O=C(COc1coc(CO)cc1=O)NCc1ccco1. The summed E-state index contributed by atoms with van der Waals surface area (Å²) in [5.41, 5.74) is -0.459. The third-order valence-electron chi connectivity index (χ3n) is 2.41. The van der Waals surface area contributed by atoms with Crippen LogP contribution in [-0.2, 0) is 17.9 Å². The van der Waals surface area contributed by atoms with Gasteiger partial charge in [-0.2, -0.15) is 0 Å². The molecule has 0 aliphatic heterocycles. The van der Waals surface area contributed by atoms with Gasteiger partial charge in [-0.15, -0.1) is 0 Å². The zero-order valence-corrected chi connectivity index (χ0v) is 10.5. The Kier molecular flexibility index (Phi) is 4.56. The Morgan fingerprint density at radius 1 is 1.35 bits per heavy atom. The molecule has 0 spiro atoms. The molecule has 1 amide bonds. The molecule has 106 valence electrons. The number of carbonyl (C=O) groups excluding carboxylic acids is 1. The number of hydrogen-bond acceptors (Lipinski definition) is 6. The van der Waals surface area contributed by atoms with Crippen LogP contribution >= 0.6 is 0 Å². The summed E-state index contributed by atoms with van der Waals surface area (Å²) in [6, 6.07) is 4.55. The standard InChI is InChI=1S/C13H13NO6/c15-6-10-4-11(16)12(7-19-10)20-8-13(17)14-5-9-2-1-3-18-9/h1-4,7,15H,5-6,8H2,(H,14,17). The average Bonchev–Trinajstić information content (AvgIpc) is 2.97. The van der Waals surface area contributed by atoms with Crippen LogP contribution in [0.5, 0.6) is 5.75 Å². The fourth-order valence-electron chi connectivity index (χ4n) is 1.42. The number of aliphatic hydroxyl groups excluding tert-OH is 1. The van der Waals surface area contributed by atoms with E-state index in [4.69, 9.17) is 18.7 Å². The second kappa shape index (κ2) is 6.58. The van der Waals surface area contributed by atoms with Gasteiger partial charge < -0.3 is 24.0 Å². The van der Waals surface area contributed by atoms with E-state index >= 15 is 0 Å². The lowest BCUT2D eigenvalue weighted by Crippen LogP contribution is -2.29. The van der Waals surface area contributed by atoms with E-state index in [0.29, 0.717) is 5.76 Å². The third-order valence-corrected chi connectivity index (χ3v) is 2.41. The lowest BCUT2D eigenvalue weighted by atomic mass is 10.4. The highest BCUT2D eigenvalue weighted by Gasteiger charge is 2.08. The minimum Gasteiger partial charge on any atom is -0.477 e. The molecular weight excluding hydrogens is 266 g/mol. The van der Waals surface area contributed by atoms with Gasteiger partial charge in [0.15, 0.2) is 6.61 Å². The van der Waals surface area contributed by atoms with Gasteiger partial charge in [0.25, 0.3) is 5.91 Å². The van der Waals surface area contributed by atoms with E-state index in [1.165, 1.54) is 6.26 Å². The average molecular weight is 279 g/mol. The predicted molar refractivity (Wildman–Crippen MR) is 67.0 cm³/mol. The van der Waals surface area contributed by atoms with Crippen molar-refractivity contribution in [2.75, 3.05) is 6.61 Å². The molecule has 2 aromatic heterocycles. The lowest BCUT2D eigenvalue weighted by molar-refractivity contribution is -0.123. The van der Waals surface area contributed by atoms with Crippen LogP contribution < -0.4 is 15.5 Å². The van der Waals surface area contributed by atoms with Gasteiger partial charge in [-0.1, -0.05) is 0 Å². The summed E-state index contributed by atoms with van der Waals surface area (Å²) >= 11 is 0. The normalized spacial score (nSPS) is 10.2. The summed E-state index contributed by atoms with van der Waals surface area (Å²) in [4.78, 5) is 23.0. The smallest absolute Gasteiger partial charge is 0.258 e. The molecule has 0 radical (unpaired) electrons. The largest absolute Gasteiger partial charge is 0.477 e. The van der Waals surface area contributed by atoms with Crippen molar-refractivity contribution in [3.05, 3.63) is 52.5 Å². The first-order chi connectivity index (χ1) is 9.69. The predicted octanol–water partition coefficient (Wildman–Crippen LogP) is 0.420. The van der Waals surface area contributed by atoms with Gasteiger partial charge in [0.05, 0.1) is 12.8 Å². The molecule has 0 aromatic carbocycles. The zero-order chi connectivity index (χ0) is 14.4. The number of amides is 1. The number of aliphatic hydroxyl groups is 1. The highest BCUT2D eigenvalue weighted by Crippen LogP contribution is 2.05. The van der Waals surface area contributed by atoms with Crippen molar-refractivity contribution < 1.29 is 23.5 Å². The third kappa shape index (κ3) is 3.72. The first-order valence-electron chi connectivity index (χ1n) is 5.83. The fraction of sp³-hybridized carbons (Fsp3) is 0.231. The zero-order valence-electron chi connectivity index (χ0n) is 10.5. The van der Waals surface area contributed by atoms with Crippen molar-refractivity contribution in [3.63, 3.8) is 0 Å². The molecule has 0 aliphatic carbocycles. The van der Waals surface area contributed by atoms with E-state index in [-0.39, 0.29) is 31.3 Å². The lowest BCUT2D eigenvalue weighted by Gasteiger charge is -2.05. The van der Waals surface area contributed by atoms with Crippen LogP contribution in [-0.4, -0.2) is 17.6 Å². The molecule has 2 rings (SSSR count). The van der Waals surface area contributed by atoms with Gasteiger partial charge in [0.1, 0.15) is 24.4 Å². The molecule has 0 atom stereocenters. The van der Waals surface area contributed by atoms with E-state index < -0.39 is 11.3 Å². The minimum absolute atomic E-state index is 0.0876. The van der Waals surface area contributed by atoms with Crippen LogP contribution in [0.1, 0.15) is 11.5 Å². The molecule has 7 heteroatoms. The Hall–Kier alpha value is -2.54. The summed E-state index contributed by atoms with van der Waals surface area (Å²) in [7, 11) is 0. The Bertz CT molecular complexity index is 616. The first kappa shape index (κ1) is 13.9. The van der Waals surface area contributed by atoms with E-state index in [0.717, 1.165) is 12.3 Å². The molecule has 0 fully saturated rings. The number of furan rings is 1. The summed E-state index contributed by atoms with van der Waals surface area (Å²) in [5.74, 6) is 0.261. The highest BCUT2D eigenvalue weighted by molar-refractivity contribution is 5.77. The molecule has 0 saturated heterocycles. The number of ether oxygens (including phenoxy) is 1. The highest BCUT2D eigenvalue weighted by atomic mass is 16.5. The van der Waals surface area contributed by atoms with Crippen LogP contribution in [0.15, 0.2) is 44.4 Å². The fourth-order valence-corrected chi connectivity index (χ4v) is 1.42. The molecule has 20 heavy (non-hydrogen) atoms. The molecule has 0 saturated carbocycles. The molecule has 2 aromatic rings. The minimum atomic E-state index is -0.459. The van der Waals surface area contributed by atoms with Crippen molar-refractivity contribution in [3.8, 4) is 5.75 Å². The molecular formula is C13H13NO6. The van der Waals surface area contributed by atoms with Gasteiger partial charge in [-0.3, -0.25) is 9.59 Å². The Morgan fingerprint density at radius 3 is 2.85 bits per heavy atom. The number of nitrogens with one attached hydrogen (secondary N) is 1. The van der Waals surface area contributed by atoms with Crippen LogP contribution in [0.25, 0.3) is 0 Å². The van der Waals surface area contributed by atoms with Crippen molar-refractivity contribution in [1.82, 2.24) is 5.32 Å². The maximum absolute atomic E-state index is 11.5. The van der Waals surface area contributed by atoms with Gasteiger partial charge in [-0.05, 0) is 12.1 Å². The van der Waals surface area contributed by atoms with E-state index in [1.54, 1.807) is 12.1 Å². The van der Waals surface area contributed by atoms with Crippen molar-refractivity contribution >= 4 is 5.91 Å². The molecule has 0 aliphatic rings. The Balaban J connectivity index is 1.82. The maximum atomic E-state index is 11.5. The van der Waals surface area contributed by atoms with E-state index in [9.17, 15) is 9.59 Å². The summed E-state index contributed by atoms with van der Waals surface area (Å²) in [6.07, 6.45) is 2.57. The summed E-state index contributed by atoms with van der Waals surface area (Å²) in [5, 5.41) is 11.4. The number of carbonyl (C=O) groups is 1. The number of rotatable bonds is 6. The number of hydrogen-bond donors (Lipinski definition) is 2. The maximum Gasteiger partial charge on any atom is 0.258 e. The van der Waals surface area contributed by atoms with Crippen LogP contribution in [0.3, 0.4) is 0 Å². The topological polar surface area (TPSA) is 102 Å². The van der Waals surface area contributed by atoms with Gasteiger partial charge in [0, 0.05) is 6.07 Å². The first-order valence-corrected chi connectivity index (χ1v) is 5.83. The van der Waals surface area contributed by atoms with E-state index in [1.807, 2.05) is 0 Å². The van der Waals surface area contributed by atoms with Crippen molar-refractivity contribution in [2.24, 2.45) is 0 Å². The molecule has 7 nitrogen and oxygen atoms in total. The molecule has 2 N–H and O–H groups in total. The van der Waals surface area contributed by atoms with Gasteiger partial charge >= 0.3 is 0 Å². The Labute approximate surface area is 113 Å². The van der Waals surface area contributed by atoms with Crippen molar-refractivity contribution in [2.45, 2.75) is 13.2 Å². The van der Waals surface area contributed by atoms with Crippen LogP contribution in [0.4, 0.5) is 0 Å². The van der Waals surface area contributed by atoms with Gasteiger partial charge in [-0.25, -0.2) is 0 Å². The van der Waals surface area contributed by atoms with Crippen molar-refractivity contribution in [1.29, 1.82) is 0 Å². The summed E-state index contributed by atoms with van der Waals surface area (Å²) in [6.45, 7) is -0.448. The quantitative estimate of drug-likeness (QED) is 0.794.